The van der Waals surface area contributed by atoms with E-state index in [1.807, 2.05) is 54.7 Å². The Bertz CT molecular complexity index is 1070. The molecule has 2 aromatic heterocycles. The summed E-state index contributed by atoms with van der Waals surface area (Å²) in [7, 11) is 0. The van der Waals surface area contributed by atoms with Crippen molar-refractivity contribution in [3.05, 3.63) is 108 Å². The number of hydrogen-bond donors (Lipinski definition) is 1. The molecule has 144 valence electrons. The largest absolute Gasteiger partial charge is 0.360 e. The molecule has 0 spiro atoms. The Morgan fingerprint density at radius 3 is 2.52 bits per heavy atom. The Morgan fingerprint density at radius 2 is 1.69 bits per heavy atom. The molecule has 0 amide bonds. The first-order valence-corrected chi connectivity index (χ1v) is 9.85. The fourth-order valence-electron chi connectivity index (χ4n) is 3.40. The fraction of sp³-hybridized carbons (Fsp3) is 0.160. The molecule has 0 aliphatic rings. The van der Waals surface area contributed by atoms with E-state index in [2.05, 4.69) is 39.2 Å². The van der Waals surface area contributed by atoms with Crippen molar-refractivity contribution in [1.29, 1.82) is 0 Å². The van der Waals surface area contributed by atoms with Gasteiger partial charge in [-0.25, -0.2) is 9.97 Å². The maximum absolute atomic E-state index is 12.4. The molecule has 0 aliphatic carbocycles. The van der Waals surface area contributed by atoms with E-state index in [1.165, 1.54) is 5.56 Å². The number of aromatic amines is 1. The smallest absolute Gasteiger partial charge is 0.137 e. The van der Waals surface area contributed by atoms with Crippen LogP contribution in [0.25, 0.3) is 11.4 Å². The average molecular weight is 381 g/mol. The van der Waals surface area contributed by atoms with E-state index in [1.54, 1.807) is 6.20 Å². The van der Waals surface area contributed by atoms with Gasteiger partial charge in [-0.2, -0.15) is 0 Å². The molecule has 0 saturated heterocycles. The first-order valence-electron chi connectivity index (χ1n) is 9.85. The molecule has 4 heteroatoms. The molecule has 0 atom stereocenters. The van der Waals surface area contributed by atoms with Crippen molar-refractivity contribution in [3.8, 4) is 11.4 Å². The minimum atomic E-state index is 0.260. The number of H-pyrrole nitrogens is 1. The molecule has 0 aliphatic heterocycles. The number of aromatic nitrogens is 3. The van der Waals surface area contributed by atoms with Crippen molar-refractivity contribution in [2.45, 2.75) is 25.7 Å². The Kier molecular flexibility index (Phi) is 5.91. The van der Waals surface area contributed by atoms with Gasteiger partial charge >= 0.3 is 0 Å². The van der Waals surface area contributed by atoms with Crippen LogP contribution in [0.15, 0.2) is 85.2 Å². The highest BCUT2D eigenvalue weighted by molar-refractivity contribution is 5.81. The van der Waals surface area contributed by atoms with E-state index >= 15 is 0 Å². The summed E-state index contributed by atoms with van der Waals surface area (Å²) >= 11 is 0. The van der Waals surface area contributed by atoms with Gasteiger partial charge in [0.25, 0.3) is 0 Å². The van der Waals surface area contributed by atoms with Crippen LogP contribution >= 0.6 is 0 Å². The van der Waals surface area contributed by atoms with Crippen LogP contribution in [0.1, 0.15) is 28.9 Å². The topological polar surface area (TPSA) is 58.6 Å². The Labute approximate surface area is 170 Å². The van der Waals surface area contributed by atoms with Crippen LogP contribution < -0.4 is 0 Å². The Balaban J connectivity index is 1.38. The molecule has 2 heterocycles. The number of ketones is 1. The van der Waals surface area contributed by atoms with Crippen LogP contribution in [-0.4, -0.2) is 20.7 Å². The first-order chi connectivity index (χ1) is 14.3. The third kappa shape index (κ3) is 5.26. The van der Waals surface area contributed by atoms with Gasteiger partial charge in [-0.15, -0.1) is 0 Å². The van der Waals surface area contributed by atoms with Gasteiger partial charge < -0.3 is 4.98 Å². The first kappa shape index (κ1) is 18.8. The summed E-state index contributed by atoms with van der Waals surface area (Å²) in [6.45, 7) is 0. The molecule has 0 saturated carbocycles. The zero-order chi connectivity index (χ0) is 19.9. The summed E-state index contributed by atoms with van der Waals surface area (Å²) < 4.78 is 0. The predicted molar refractivity (Wildman–Crippen MR) is 115 cm³/mol. The minimum absolute atomic E-state index is 0.260. The Hall–Kier alpha value is -3.53. The van der Waals surface area contributed by atoms with E-state index in [4.69, 9.17) is 0 Å². The SMILES string of the molecule is O=C(CCc1ccccc1)Cc1cccc(Cc2nccc(-c3ccc[nH]3)n2)c1. The van der Waals surface area contributed by atoms with Gasteiger partial charge in [0.15, 0.2) is 0 Å². The molecule has 4 nitrogen and oxygen atoms in total. The molecule has 4 aromatic rings. The molecule has 0 bridgehead atoms. The lowest BCUT2D eigenvalue weighted by Crippen LogP contribution is -2.05. The van der Waals surface area contributed by atoms with Gasteiger partial charge in [-0.05, 0) is 41.3 Å². The lowest BCUT2D eigenvalue weighted by atomic mass is 10.0. The van der Waals surface area contributed by atoms with Crippen molar-refractivity contribution in [2.75, 3.05) is 0 Å². The molecular formula is C25H23N3O. The number of hydrogen-bond acceptors (Lipinski definition) is 3. The molecule has 2 aromatic carbocycles. The maximum Gasteiger partial charge on any atom is 0.137 e. The quantitative estimate of drug-likeness (QED) is 0.477. The second-order valence-corrected chi connectivity index (χ2v) is 7.14. The van der Waals surface area contributed by atoms with Crippen LogP contribution in [0.3, 0.4) is 0 Å². The lowest BCUT2D eigenvalue weighted by molar-refractivity contribution is -0.118. The summed E-state index contributed by atoms with van der Waals surface area (Å²) in [5, 5.41) is 0. The van der Waals surface area contributed by atoms with Crippen LogP contribution in [0.2, 0.25) is 0 Å². The monoisotopic (exact) mass is 381 g/mol. The fourth-order valence-corrected chi connectivity index (χ4v) is 3.40. The number of carbonyl (C=O) groups excluding carboxylic acids is 1. The Morgan fingerprint density at radius 1 is 0.862 bits per heavy atom. The van der Waals surface area contributed by atoms with E-state index < -0.39 is 0 Å². The molecular weight excluding hydrogens is 358 g/mol. The predicted octanol–water partition coefficient (Wildman–Crippen LogP) is 4.81. The zero-order valence-electron chi connectivity index (χ0n) is 16.2. The van der Waals surface area contributed by atoms with E-state index in [0.717, 1.165) is 34.8 Å². The third-order valence-corrected chi connectivity index (χ3v) is 4.87. The van der Waals surface area contributed by atoms with Crippen LogP contribution in [0, 0.1) is 0 Å². The van der Waals surface area contributed by atoms with Crippen molar-refractivity contribution >= 4 is 5.78 Å². The lowest BCUT2D eigenvalue weighted by Gasteiger charge is -2.06. The van der Waals surface area contributed by atoms with Crippen LogP contribution in [0.4, 0.5) is 0 Å². The number of aryl methyl sites for hydroxylation is 1. The molecule has 0 fully saturated rings. The van der Waals surface area contributed by atoms with E-state index in [9.17, 15) is 4.79 Å². The summed E-state index contributed by atoms with van der Waals surface area (Å²) in [5.41, 5.74) is 5.22. The molecule has 0 radical (unpaired) electrons. The summed E-state index contributed by atoms with van der Waals surface area (Å²) in [6, 6.07) is 24.2. The highest BCUT2D eigenvalue weighted by Crippen LogP contribution is 2.16. The van der Waals surface area contributed by atoms with E-state index in [0.29, 0.717) is 19.3 Å². The summed E-state index contributed by atoms with van der Waals surface area (Å²) in [4.78, 5) is 24.6. The van der Waals surface area contributed by atoms with Gasteiger partial charge in [0.2, 0.25) is 0 Å². The van der Waals surface area contributed by atoms with Gasteiger partial charge in [0, 0.05) is 31.7 Å². The van der Waals surface area contributed by atoms with Crippen molar-refractivity contribution in [3.63, 3.8) is 0 Å². The number of rotatable bonds is 8. The van der Waals surface area contributed by atoms with Crippen molar-refractivity contribution in [2.24, 2.45) is 0 Å². The van der Waals surface area contributed by atoms with Gasteiger partial charge in [0.05, 0.1) is 11.4 Å². The van der Waals surface area contributed by atoms with Gasteiger partial charge in [-0.1, -0.05) is 54.6 Å². The standard InChI is InChI=1S/C25H23N3O/c29-22(12-11-19-6-2-1-3-7-19)17-20-8-4-9-21(16-20)18-25-27-15-13-24(28-25)23-10-5-14-26-23/h1-10,13-16,26H,11-12,17-18H2. The van der Waals surface area contributed by atoms with Crippen molar-refractivity contribution < 1.29 is 4.79 Å². The average Bonchev–Trinajstić information content (AvgIpc) is 3.29. The van der Waals surface area contributed by atoms with E-state index in [-0.39, 0.29) is 5.78 Å². The second kappa shape index (κ2) is 9.11. The number of benzene rings is 2. The highest BCUT2D eigenvalue weighted by atomic mass is 16.1. The van der Waals surface area contributed by atoms with Gasteiger partial charge in [0.1, 0.15) is 11.6 Å². The summed E-state index contributed by atoms with van der Waals surface area (Å²) in [5.74, 6) is 1.03. The van der Waals surface area contributed by atoms with Crippen molar-refractivity contribution in [1.82, 2.24) is 15.0 Å². The highest BCUT2D eigenvalue weighted by Gasteiger charge is 2.08. The molecule has 0 unspecified atom stereocenters. The van der Waals surface area contributed by atoms with Gasteiger partial charge in [-0.3, -0.25) is 4.79 Å². The van der Waals surface area contributed by atoms with Crippen LogP contribution in [-0.2, 0) is 24.1 Å². The normalized spacial score (nSPS) is 10.8. The maximum atomic E-state index is 12.4. The number of nitrogens with one attached hydrogen (secondary N) is 1. The number of carbonyl (C=O) groups is 1. The number of nitrogens with zero attached hydrogens (tertiary/aromatic N) is 2. The van der Waals surface area contributed by atoms with Crippen LogP contribution in [0.5, 0.6) is 0 Å². The third-order valence-electron chi connectivity index (χ3n) is 4.87. The second-order valence-electron chi connectivity index (χ2n) is 7.14. The molecule has 4 rings (SSSR count). The molecule has 1 N–H and O–H groups in total. The minimum Gasteiger partial charge on any atom is -0.360 e. The summed E-state index contributed by atoms with van der Waals surface area (Å²) in [6.07, 6.45) is 6.13. The zero-order valence-corrected chi connectivity index (χ0v) is 16.2. The number of Topliss-reactive ketones (excluding diaryl/α,β-unsaturated/α-hetero) is 1. The molecule has 29 heavy (non-hydrogen) atoms.